The number of benzene rings is 1. The predicted octanol–water partition coefficient (Wildman–Crippen LogP) is 2.46. The van der Waals surface area contributed by atoms with Crippen LogP contribution in [0.1, 0.15) is 22.5 Å². The highest BCUT2D eigenvalue weighted by Crippen LogP contribution is 2.17. The van der Waals surface area contributed by atoms with E-state index >= 15 is 0 Å². The molecule has 0 radical (unpaired) electrons. The number of carbonyl (C=O) groups excluding carboxylic acids is 2. The molecule has 0 unspecified atom stereocenters. The minimum Gasteiger partial charge on any atom is -0.354 e. The standard InChI is InChI=1S/C19H21FN4O2S/c20-16-7-3-2-6-15(16)18(26)23-19-22-14(13-27-19)12-17(25)21-8-11-24-9-4-1-5-10-24/h1-4,6-7,13H,5,8-12H2,(H,21,25)(H,22,23,26). The number of nitrogens with one attached hydrogen (secondary N) is 2. The third-order valence-electron chi connectivity index (χ3n) is 4.12. The molecule has 0 saturated carbocycles. The summed E-state index contributed by atoms with van der Waals surface area (Å²) in [6.07, 6.45) is 5.50. The normalized spacial score (nSPS) is 14.1. The Morgan fingerprint density at radius 1 is 1.26 bits per heavy atom. The number of rotatable bonds is 7. The maximum atomic E-state index is 13.6. The van der Waals surface area contributed by atoms with E-state index in [1.807, 2.05) is 0 Å². The first kappa shape index (κ1) is 19.2. The number of amides is 2. The lowest BCUT2D eigenvalue weighted by Crippen LogP contribution is -2.37. The molecule has 1 aliphatic heterocycles. The van der Waals surface area contributed by atoms with Crippen LogP contribution in [-0.2, 0) is 11.2 Å². The van der Waals surface area contributed by atoms with E-state index in [1.165, 1.54) is 29.5 Å². The van der Waals surface area contributed by atoms with Gasteiger partial charge in [-0.15, -0.1) is 11.3 Å². The molecule has 2 aromatic rings. The van der Waals surface area contributed by atoms with Gasteiger partial charge in [-0.3, -0.25) is 19.8 Å². The number of thiazole rings is 1. The lowest BCUT2D eigenvalue weighted by Gasteiger charge is -2.22. The molecule has 1 aliphatic rings. The smallest absolute Gasteiger partial charge is 0.260 e. The van der Waals surface area contributed by atoms with E-state index in [1.54, 1.807) is 11.4 Å². The van der Waals surface area contributed by atoms with Gasteiger partial charge in [-0.1, -0.05) is 24.3 Å². The Morgan fingerprint density at radius 2 is 2.11 bits per heavy atom. The van der Waals surface area contributed by atoms with Gasteiger partial charge in [0, 0.05) is 31.6 Å². The van der Waals surface area contributed by atoms with Crippen molar-refractivity contribution in [2.45, 2.75) is 12.8 Å². The van der Waals surface area contributed by atoms with Crippen molar-refractivity contribution in [2.75, 3.05) is 31.5 Å². The Balaban J connectivity index is 1.44. The molecule has 3 rings (SSSR count). The summed E-state index contributed by atoms with van der Waals surface area (Å²) >= 11 is 1.21. The summed E-state index contributed by atoms with van der Waals surface area (Å²) in [6.45, 7) is 3.35. The fraction of sp³-hybridized carbons (Fsp3) is 0.316. The lowest BCUT2D eigenvalue weighted by atomic mass is 10.2. The number of carbonyl (C=O) groups is 2. The van der Waals surface area contributed by atoms with Gasteiger partial charge in [-0.2, -0.15) is 0 Å². The number of anilines is 1. The van der Waals surface area contributed by atoms with Crippen LogP contribution in [0, 0.1) is 5.82 Å². The van der Waals surface area contributed by atoms with Gasteiger partial charge in [0.25, 0.3) is 5.91 Å². The molecule has 0 aliphatic carbocycles. The van der Waals surface area contributed by atoms with E-state index < -0.39 is 11.7 Å². The number of aromatic nitrogens is 1. The molecule has 0 bridgehead atoms. The average molecular weight is 388 g/mol. The zero-order chi connectivity index (χ0) is 19.1. The first-order valence-electron chi connectivity index (χ1n) is 8.76. The fourth-order valence-electron chi connectivity index (χ4n) is 2.73. The lowest BCUT2D eigenvalue weighted by molar-refractivity contribution is -0.120. The maximum absolute atomic E-state index is 13.6. The largest absolute Gasteiger partial charge is 0.354 e. The molecule has 0 saturated heterocycles. The van der Waals surface area contributed by atoms with Crippen LogP contribution in [0.2, 0.25) is 0 Å². The minimum atomic E-state index is -0.588. The first-order valence-corrected chi connectivity index (χ1v) is 9.64. The Kier molecular flexibility index (Phi) is 6.67. The van der Waals surface area contributed by atoms with Crippen LogP contribution in [-0.4, -0.2) is 47.9 Å². The van der Waals surface area contributed by atoms with Crippen LogP contribution in [0.3, 0.4) is 0 Å². The minimum absolute atomic E-state index is 0.0421. The van der Waals surface area contributed by atoms with Gasteiger partial charge in [-0.05, 0) is 18.6 Å². The van der Waals surface area contributed by atoms with E-state index in [0.717, 1.165) is 26.1 Å². The summed E-state index contributed by atoms with van der Waals surface area (Å²) in [5.41, 5.74) is 0.529. The Hall–Kier alpha value is -2.58. The molecule has 6 nitrogen and oxygen atoms in total. The van der Waals surface area contributed by atoms with Gasteiger partial charge >= 0.3 is 0 Å². The molecule has 2 heterocycles. The van der Waals surface area contributed by atoms with Crippen LogP contribution >= 0.6 is 11.3 Å². The summed E-state index contributed by atoms with van der Waals surface area (Å²) < 4.78 is 13.6. The quantitative estimate of drug-likeness (QED) is 0.715. The Labute approximate surface area is 161 Å². The van der Waals surface area contributed by atoms with E-state index in [9.17, 15) is 14.0 Å². The molecule has 2 N–H and O–H groups in total. The van der Waals surface area contributed by atoms with Crippen molar-refractivity contribution < 1.29 is 14.0 Å². The van der Waals surface area contributed by atoms with Crippen LogP contribution < -0.4 is 10.6 Å². The number of nitrogens with zero attached hydrogens (tertiary/aromatic N) is 2. The fourth-order valence-corrected chi connectivity index (χ4v) is 3.43. The van der Waals surface area contributed by atoms with Crippen molar-refractivity contribution in [3.05, 3.63) is 58.9 Å². The Morgan fingerprint density at radius 3 is 2.89 bits per heavy atom. The van der Waals surface area contributed by atoms with Crippen LogP contribution in [0.4, 0.5) is 9.52 Å². The van der Waals surface area contributed by atoms with Crippen LogP contribution in [0.25, 0.3) is 0 Å². The zero-order valence-corrected chi connectivity index (χ0v) is 15.6. The second-order valence-corrected chi connectivity index (χ2v) is 7.02. The first-order chi connectivity index (χ1) is 13.1. The van der Waals surface area contributed by atoms with Crippen molar-refractivity contribution >= 4 is 28.3 Å². The monoisotopic (exact) mass is 388 g/mol. The van der Waals surface area contributed by atoms with Crippen LogP contribution in [0.15, 0.2) is 41.8 Å². The van der Waals surface area contributed by atoms with E-state index in [-0.39, 0.29) is 17.9 Å². The second kappa shape index (κ2) is 9.38. The van der Waals surface area contributed by atoms with Gasteiger partial charge in [0.05, 0.1) is 17.7 Å². The average Bonchev–Trinajstić information content (AvgIpc) is 3.09. The summed E-state index contributed by atoms with van der Waals surface area (Å²) in [4.78, 5) is 30.6. The summed E-state index contributed by atoms with van der Waals surface area (Å²) in [5.74, 6) is -1.26. The van der Waals surface area contributed by atoms with Gasteiger partial charge in [0.15, 0.2) is 5.13 Å². The third-order valence-corrected chi connectivity index (χ3v) is 4.93. The summed E-state index contributed by atoms with van der Waals surface area (Å²) in [7, 11) is 0. The molecule has 8 heteroatoms. The van der Waals surface area contributed by atoms with E-state index in [2.05, 4.69) is 32.7 Å². The Bertz CT molecular complexity index is 837. The summed E-state index contributed by atoms with van der Waals surface area (Å²) in [6, 6.07) is 5.75. The van der Waals surface area contributed by atoms with Crippen molar-refractivity contribution in [3.63, 3.8) is 0 Å². The molecule has 0 atom stereocenters. The molecule has 27 heavy (non-hydrogen) atoms. The van der Waals surface area contributed by atoms with Crippen molar-refractivity contribution in [3.8, 4) is 0 Å². The number of hydrogen-bond acceptors (Lipinski definition) is 5. The highest BCUT2D eigenvalue weighted by molar-refractivity contribution is 7.14. The second-order valence-electron chi connectivity index (χ2n) is 6.17. The SMILES string of the molecule is O=C(Cc1csc(NC(=O)c2ccccc2F)n1)NCCN1CC=CCC1. The topological polar surface area (TPSA) is 74.3 Å². The molecule has 0 fully saturated rings. The highest BCUT2D eigenvalue weighted by atomic mass is 32.1. The van der Waals surface area contributed by atoms with Crippen LogP contribution in [0.5, 0.6) is 0 Å². The van der Waals surface area contributed by atoms with E-state index in [0.29, 0.717) is 17.4 Å². The molecule has 1 aromatic heterocycles. The molecular formula is C19H21FN4O2S. The number of hydrogen-bond donors (Lipinski definition) is 2. The maximum Gasteiger partial charge on any atom is 0.260 e. The zero-order valence-electron chi connectivity index (χ0n) is 14.8. The van der Waals surface area contributed by atoms with Crippen molar-refractivity contribution in [2.24, 2.45) is 0 Å². The molecule has 142 valence electrons. The van der Waals surface area contributed by atoms with Gasteiger partial charge in [0.1, 0.15) is 5.82 Å². The van der Waals surface area contributed by atoms with Gasteiger partial charge in [-0.25, -0.2) is 9.37 Å². The molecule has 0 spiro atoms. The van der Waals surface area contributed by atoms with Crippen molar-refractivity contribution in [1.82, 2.24) is 15.2 Å². The molecule has 1 aromatic carbocycles. The third kappa shape index (κ3) is 5.70. The summed E-state index contributed by atoms with van der Waals surface area (Å²) in [5, 5.41) is 7.50. The van der Waals surface area contributed by atoms with Crippen molar-refractivity contribution in [1.29, 1.82) is 0 Å². The predicted molar refractivity (Wildman–Crippen MR) is 103 cm³/mol. The molecule has 2 amide bonds. The van der Waals surface area contributed by atoms with Gasteiger partial charge < -0.3 is 5.32 Å². The highest BCUT2D eigenvalue weighted by Gasteiger charge is 2.14. The van der Waals surface area contributed by atoms with E-state index in [4.69, 9.17) is 0 Å². The number of halogens is 1. The molecular weight excluding hydrogens is 367 g/mol. The van der Waals surface area contributed by atoms with Gasteiger partial charge in [0.2, 0.25) is 5.91 Å².